The van der Waals surface area contributed by atoms with Crippen molar-refractivity contribution in [2.75, 3.05) is 0 Å². The Labute approximate surface area is 67.9 Å². The van der Waals surface area contributed by atoms with E-state index in [1.54, 1.807) is 0 Å². The molecule has 0 fully saturated rings. The Morgan fingerprint density at radius 1 is 1.36 bits per heavy atom. The number of aliphatic hydroxyl groups excluding tert-OH is 1. The minimum atomic E-state index is -0.00318. The van der Waals surface area contributed by atoms with Crippen LogP contribution in [0.25, 0.3) is 0 Å². The second kappa shape index (κ2) is 7.32. The molecule has 2 nitrogen and oxygen atoms in total. The van der Waals surface area contributed by atoms with Crippen molar-refractivity contribution in [3.05, 3.63) is 19.3 Å². The molecule has 0 aromatic heterocycles. The van der Waals surface area contributed by atoms with Crippen LogP contribution in [-0.4, -0.2) is 10.9 Å². The van der Waals surface area contributed by atoms with Crippen molar-refractivity contribution in [1.82, 2.24) is 0 Å². The van der Waals surface area contributed by atoms with Crippen molar-refractivity contribution >= 4 is 5.78 Å². The van der Waals surface area contributed by atoms with E-state index in [1.807, 2.05) is 0 Å². The van der Waals surface area contributed by atoms with Gasteiger partial charge in [-0.1, -0.05) is 26.2 Å². The summed E-state index contributed by atoms with van der Waals surface area (Å²) in [4.78, 5) is 10.7. The topological polar surface area (TPSA) is 37.3 Å². The summed E-state index contributed by atoms with van der Waals surface area (Å²) in [5, 5.41) is 8.23. The number of ketones is 1. The van der Waals surface area contributed by atoms with Crippen LogP contribution in [0.1, 0.15) is 32.1 Å². The lowest BCUT2D eigenvalue weighted by atomic mass is 10.1. The van der Waals surface area contributed by atoms with Gasteiger partial charge >= 0.3 is 0 Å². The third-order valence-electron chi connectivity index (χ3n) is 1.43. The van der Waals surface area contributed by atoms with Crippen molar-refractivity contribution in [2.24, 2.45) is 0 Å². The van der Waals surface area contributed by atoms with Crippen LogP contribution in [0.15, 0.2) is 12.3 Å². The Balaban J connectivity index is 3.17. The van der Waals surface area contributed by atoms with Gasteiger partial charge in [0.1, 0.15) is 0 Å². The summed E-state index contributed by atoms with van der Waals surface area (Å²) in [6, 6.07) is 0. The molecule has 0 saturated carbocycles. The zero-order chi connectivity index (χ0) is 8.53. The maximum Gasteiger partial charge on any atom is 0.158 e. The van der Waals surface area contributed by atoms with Gasteiger partial charge in [0.2, 0.25) is 0 Å². The SMILES string of the molecule is [CH2]CCCCCC(=O)/C=C/O. The molecule has 0 rings (SSSR count). The molecule has 0 amide bonds. The molecule has 0 saturated heterocycles. The summed E-state index contributed by atoms with van der Waals surface area (Å²) in [5.41, 5.74) is 0. The Kier molecular flexibility index (Phi) is 6.79. The van der Waals surface area contributed by atoms with E-state index in [2.05, 4.69) is 6.92 Å². The second-order valence-corrected chi connectivity index (χ2v) is 2.45. The maximum atomic E-state index is 10.7. The van der Waals surface area contributed by atoms with Crippen molar-refractivity contribution in [3.63, 3.8) is 0 Å². The van der Waals surface area contributed by atoms with E-state index in [-0.39, 0.29) is 5.78 Å². The van der Waals surface area contributed by atoms with Crippen LogP contribution in [0.3, 0.4) is 0 Å². The zero-order valence-electron chi connectivity index (χ0n) is 6.75. The molecule has 63 valence electrons. The molecule has 0 aliphatic carbocycles. The Bertz CT molecular complexity index is 128. The molecule has 1 radical (unpaired) electrons. The first kappa shape index (κ1) is 10.2. The van der Waals surface area contributed by atoms with Gasteiger partial charge in [0.15, 0.2) is 5.78 Å². The van der Waals surface area contributed by atoms with Gasteiger partial charge in [-0.15, -0.1) is 0 Å². The number of rotatable bonds is 6. The number of carbonyl (C=O) groups is 1. The van der Waals surface area contributed by atoms with E-state index in [9.17, 15) is 4.79 Å². The standard InChI is InChI=1S/C9H15O2/c1-2-3-4-5-6-9(11)7-8-10/h7-8,10H,1-6H2/b8-7+. The third kappa shape index (κ3) is 7.10. The normalized spacial score (nSPS) is 10.6. The lowest BCUT2D eigenvalue weighted by Gasteiger charge is -1.94. The number of unbranched alkanes of at least 4 members (excludes halogenated alkanes) is 3. The third-order valence-corrected chi connectivity index (χ3v) is 1.43. The number of carbonyl (C=O) groups excluding carboxylic acids is 1. The highest BCUT2D eigenvalue weighted by molar-refractivity contribution is 5.89. The minimum absolute atomic E-state index is 0.00318. The predicted octanol–water partition coefficient (Wildman–Crippen LogP) is 2.41. The first-order valence-corrected chi connectivity index (χ1v) is 3.94. The molecular weight excluding hydrogens is 140 g/mol. The lowest BCUT2D eigenvalue weighted by Crippen LogP contribution is -1.91. The Hall–Kier alpha value is -0.790. The summed E-state index contributed by atoms with van der Waals surface area (Å²) in [6.07, 6.45) is 6.50. The predicted molar refractivity (Wildman–Crippen MR) is 45.2 cm³/mol. The molecule has 0 atom stereocenters. The molecule has 0 spiro atoms. The summed E-state index contributed by atoms with van der Waals surface area (Å²) >= 11 is 0. The molecule has 0 aromatic rings. The maximum absolute atomic E-state index is 10.7. The van der Waals surface area contributed by atoms with Gasteiger partial charge in [0.05, 0.1) is 6.26 Å². The molecular formula is C9H15O2. The average molecular weight is 155 g/mol. The van der Waals surface area contributed by atoms with Crippen molar-refractivity contribution in [2.45, 2.75) is 32.1 Å². The number of allylic oxidation sites excluding steroid dienone is 1. The van der Waals surface area contributed by atoms with Gasteiger partial charge in [0.25, 0.3) is 0 Å². The van der Waals surface area contributed by atoms with Crippen LogP contribution in [0.5, 0.6) is 0 Å². The zero-order valence-corrected chi connectivity index (χ0v) is 6.75. The van der Waals surface area contributed by atoms with Crippen LogP contribution < -0.4 is 0 Å². The van der Waals surface area contributed by atoms with Crippen molar-refractivity contribution in [1.29, 1.82) is 0 Å². The van der Waals surface area contributed by atoms with Gasteiger partial charge in [-0.2, -0.15) is 0 Å². The second-order valence-electron chi connectivity index (χ2n) is 2.45. The van der Waals surface area contributed by atoms with E-state index < -0.39 is 0 Å². The summed E-state index contributed by atoms with van der Waals surface area (Å²) in [7, 11) is 0. The average Bonchev–Trinajstić information content (AvgIpc) is 1.99. The number of hydrogen-bond donors (Lipinski definition) is 1. The Morgan fingerprint density at radius 2 is 2.09 bits per heavy atom. The number of hydrogen-bond acceptors (Lipinski definition) is 2. The fraction of sp³-hybridized carbons (Fsp3) is 0.556. The van der Waals surface area contributed by atoms with Gasteiger partial charge in [-0.25, -0.2) is 0 Å². The summed E-state index contributed by atoms with van der Waals surface area (Å²) < 4.78 is 0. The first-order valence-electron chi connectivity index (χ1n) is 3.94. The molecule has 0 aliphatic heterocycles. The van der Waals surface area contributed by atoms with E-state index >= 15 is 0 Å². The highest BCUT2D eigenvalue weighted by atomic mass is 16.2. The first-order chi connectivity index (χ1) is 5.31. The van der Waals surface area contributed by atoms with Crippen LogP contribution >= 0.6 is 0 Å². The van der Waals surface area contributed by atoms with Crippen LogP contribution in [-0.2, 0) is 4.79 Å². The highest BCUT2D eigenvalue weighted by Gasteiger charge is 1.95. The molecule has 11 heavy (non-hydrogen) atoms. The molecule has 0 aliphatic rings. The van der Waals surface area contributed by atoms with E-state index in [0.717, 1.165) is 31.9 Å². The lowest BCUT2D eigenvalue weighted by molar-refractivity contribution is -0.114. The van der Waals surface area contributed by atoms with Gasteiger partial charge in [-0.05, 0) is 6.42 Å². The fourth-order valence-electron chi connectivity index (χ4n) is 0.819. The molecule has 2 heteroatoms. The quantitative estimate of drug-likeness (QED) is 0.363. The van der Waals surface area contributed by atoms with E-state index in [0.29, 0.717) is 6.42 Å². The minimum Gasteiger partial charge on any atom is -0.515 e. The molecule has 1 N–H and O–H groups in total. The Morgan fingerprint density at radius 3 is 2.64 bits per heavy atom. The van der Waals surface area contributed by atoms with Gasteiger partial charge in [0, 0.05) is 12.5 Å². The van der Waals surface area contributed by atoms with Crippen LogP contribution in [0.2, 0.25) is 0 Å². The van der Waals surface area contributed by atoms with Crippen molar-refractivity contribution in [3.8, 4) is 0 Å². The molecule has 0 bridgehead atoms. The van der Waals surface area contributed by atoms with Crippen molar-refractivity contribution < 1.29 is 9.90 Å². The van der Waals surface area contributed by atoms with E-state index in [4.69, 9.17) is 5.11 Å². The van der Waals surface area contributed by atoms with Crippen LogP contribution in [0, 0.1) is 6.92 Å². The van der Waals surface area contributed by atoms with Gasteiger partial charge < -0.3 is 5.11 Å². The largest absolute Gasteiger partial charge is 0.515 e. The van der Waals surface area contributed by atoms with Gasteiger partial charge in [-0.3, -0.25) is 4.79 Å². The number of aliphatic hydroxyl groups is 1. The monoisotopic (exact) mass is 155 g/mol. The molecule has 0 unspecified atom stereocenters. The van der Waals surface area contributed by atoms with Crippen LogP contribution in [0.4, 0.5) is 0 Å². The summed E-state index contributed by atoms with van der Waals surface area (Å²) in [5.74, 6) is -0.00318. The molecule has 0 heterocycles. The smallest absolute Gasteiger partial charge is 0.158 e. The highest BCUT2D eigenvalue weighted by Crippen LogP contribution is 2.02. The fourth-order valence-corrected chi connectivity index (χ4v) is 0.819. The molecule has 0 aromatic carbocycles. The summed E-state index contributed by atoms with van der Waals surface area (Å²) in [6.45, 7) is 3.70. The van der Waals surface area contributed by atoms with E-state index in [1.165, 1.54) is 6.08 Å².